The molecule has 28 heavy (non-hydrogen) atoms. The molecule has 1 aliphatic heterocycles. The summed E-state index contributed by atoms with van der Waals surface area (Å²) in [5, 5.41) is 0. The highest BCUT2D eigenvalue weighted by Crippen LogP contribution is 2.42. The molecule has 3 rings (SSSR count). The van der Waals surface area contributed by atoms with Crippen LogP contribution in [0.25, 0.3) is 0 Å². The molecule has 0 bridgehead atoms. The zero-order chi connectivity index (χ0) is 20.3. The van der Waals surface area contributed by atoms with Gasteiger partial charge in [-0.2, -0.15) is 17.0 Å². The van der Waals surface area contributed by atoms with Crippen LogP contribution < -0.4 is 9.47 Å². The fourth-order valence-electron chi connectivity index (χ4n) is 3.85. The van der Waals surface area contributed by atoms with Crippen molar-refractivity contribution in [2.75, 3.05) is 33.9 Å². The van der Waals surface area contributed by atoms with E-state index in [9.17, 15) is 8.42 Å². The molecule has 6 nitrogen and oxygen atoms in total. The molecule has 0 fully saturated rings. The van der Waals surface area contributed by atoms with E-state index in [1.165, 1.54) is 4.31 Å². The van der Waals surface area contributed by atoms with E-state index < -0.39 is 16.3 Å². The van der Waals surface area contributed by atoms with Gasteiger partial charge in [-0.15, -0.1) is 0 Å². The third-order valence-corrected chi connectivity index (χ3v) is 7.43. The number of methoxy groups -OCH3 is 2. The number of nitrogens with zero attached hydrogens (tertiary/aromatic N) is 2. The lowest BCUT2D eigenvalue weighted by Crippen LogP contribution is -2.48. The predicted molar refractivity (Wildman–Crippen MR) is 110 cm³/mol. The van der Waals surface area contributed by atoms with Crippen LogP contribution in [0.2, 0.25) is 0 Å². The van der Waals surface area contributed by atoms with E-state index in [0.29, 0.717) is 37.6 Å². The van der Waals surface area contributed by atoms with Crippen LogP contribution in [0.4, 0.5) is 0 Å². The first-order valence-electron chi connectivity index (χ1n) is 9.54. The van der Waals surface area contributed by atoms with Crippen molar-refractivity contribution in [1.29, 1.82) is 0 Å². The Morgan fingerprint density at radius 2 is 1.64 bits per heavy atom. The Balaban J connectivity index is 2.19. The molecule has 7 heteroatoms. The van der Waals surface area contributed by atoms with Crippen molar-refractivity contribution < 1.29 is 17.9 Å². The van der Waals surface area contributed by atoms with Gasteiger partial charge in [0.05, 0.1) is 20.3 Å². The monoisotopic (exact) mass is 404 g/mol. The van der Waals surface area contributed by atoms with Crippen molar-refractivity contribution in [3.8, 4) is 11.5 Å². The number of hydrogen-bond acceptors (Lipinski definition) is 4. The van der Waals surface area contributed by atoms with E-state index in [4.69, 9.17) is 9.47 Å². The number of rotatable bonds is 7. The second-order valence-electron chi connectivity index (χ2n) is 6.67. The van der Waals surface area contributed by atoms with Crippen molar-refractivity contribution in [3.63, 3.8) is 0 Å². The Hall–Kier alpha value is -2.09. The first-order chi connectivity index (χ1) is 13.5. The molecule has 1 atom stereocenters. The van der Waals surface area contributed by atoms with Crippen LogP contribution in [0, 0.1) is 0 Å². The summed E-state index contributed by atoms with van der Waals surface area (Å²) < 4.78 is 40.9. The molecule has 0 amide bonds. The van der Waals surface area contributed by atoms with E-state index >= 15 is 0 Å². The summed E-state index contributed by atoms with van der Waals surface area (Å²) in [4.78, 5) is 0. The fourth-order valence-corrected chi connectivity index (χ4v) is 5.62. The average Bonchev–Trinajstić information content (AvgIpc) is 2.73. The first-order valence-corrected chi connectivity index (χ1v) is 10.9. The Labute approximate surface area is 167 Å². The van der Waals surface area contributed by atoms with Crippen molar-refractivity contribution in [1.82, 2.24) is 8.61 Å². The minimum atomic E-state index is -3.60. The number of ether oxygens (including phenoxy) is 2. The minimum absolute atomic E-state index is 0.407. The second kappa shape index (κ2) is 8.51. The molecule has 152 valence electrons. The third-order valence-electron chi connectivity index (χ3n) is 5.27. The van der Waals surface area contributed by atoms with Crippen LogP contribution in [0.1, 0.15) is 36.6 Å². The first kappa shape index (κ1) is 20.6. The smallest absolute Gasteiger partial charge is 0.282 e. The molecule has 2 aromatic rings. The van der Waals surface area contributed by atoms with Gasteiger partial charge < -0.3 is 9.47 Å². The van der Waals surface area contributed by atoms with Crippen molar-refractivity contribution in [3.05, 3.63) is 59.2 Å². The normalized spacial score (nSPS) is 17.4. The molecular weight excluding hydrogens is 376 g/mol. The Kier molecular flexibility index (Phi) is 6.27. The lowest BCUT2D eigenvalue weighted by molar-refractivity contribution is 0.300. The lowest BCUT2D eigenvalue weighted by atomic mass is 9.89. The summed E-state index contributed by atoms with van der Waals surface area (Å²) in [6.45, 7) is 5.03. The van der Waals surface area contributed by atoms with E-state index in [1.807, 2.05) is 56.3 Å². The fraction of sp³-hybridized carbons (Fsp3) is 0.429. The van der Waals surface area contributed by atoms with Gasteiger partial charge in [0, 0.05) is 19.6 Å². The van der Waals surface area contributed by atoms with Crippen LogP contribution in [0.5, 0.6) is 11.5 Å². The largest absolute Gasteiger partial charge is 0.493 e. The Morgan fingerprint density at radius 3 is 2.21 bits per heavy atom. The molecule has 0 aromatic heterocycles. The number of hydrogen-bond donors (Lipinski definition) is 0. The maximum Gasteiger partial charge on any atom is 0.282 e. The van der Waals surface area contributed by atoms with Gasteiger partial charge in [-0.3, -0.25) is 0 Å². The zero-order valence-electron chi connectivity index (χ0n) is 16.9. The van der Waals surface area contributed by atoms with E-state index in [2.05, 4.69) is 0 Å². The van der Waals surface area contributed by atoms with Crippen molar-refractivity contribution in [2.24, 2.45) is 0 Å². The second-order valence-corrected chi connectivity index (χ2v) is 8.55. The Bertz CT molecular complexity index is 912. The highest BCUT2D eigenvalue weighted by molar-refractivity contribution is 7.86. The van der Waals surface area contributed by atoms with Gasteiger partial charge >= 0.3 is 0 Å². The standard InChI is InChI=1S/C21H28N2O4S/c1-5-22(6-2)28(24,25)23-13-12-17-14-19(26-3)20(27-4)15-18(17)21(23)16-10-8-7-9-11-16/h7-11,14-15,21H,5-6,12-13H2,1-4H3/t21-/m0/s1. The quantitative estimate of drug-likeness (QED) is 0.711. The SMILES string of the molecule is CCN(CC)S(=O)(=O)N1CCc2cc(OC)c(OC)cc2[C@@H]1c1ccccc1. The summed E-state index contributed by atoms with van der Waals surface area (Å²) in [6.07, 6.45) is 0.625. The third kappa shape index (κ3) is 3.62. The summed E-state index contributed by atoms with van der Waals surface area (Å²) in [7, 11) is -0.403. The summed E-state index contributed by atoms with van der Waals surface area (Å²) in [6, 6.07) is 13.2. The lowest BCUT2D eigenvalue weighted by Gasteiger charge is -2.39. The van der Waals surface area contributed by atoms with Gasteiger partial charge in [-0.05, 0) is 35.2 Å². The van der Waals surface area contributed by atoms with Crippen molar-refractivity contribution in [2.45, 2.75) is 26.3 Å². The summed E-state index contributed by atoms with van der Waals surface area (Å²) in [5.41, 5.74) is 2.95. The van der Waals surface area contributed by atoms with Crippen LogP contribution in [-0.4, -0.2) is 50.9 Å². The molecule has 0 aliphatic carbocycles. The zero-order valence-corrected chi connectivity index (χ0v) is 17.7. The maximum atomic E-state index is 13.4. The van der Waals surface area contributed by atoms with Gasteiger partial charge in [0.25, 0.3) is 10.2 Å². The Morgan fingerprint density at radius 1 is 1.04 bits per heavy atom. The van der Waals surface area contributed by atoms with Gasteiger partial charge in [0.1, 0.15) is 0 Å². The average molecular weight is 405 g/mol. The highest BCUT2D eigenvalue weighted by Gasteiger charge is 2.39. The molecule has 0 saturated carbocycles. The van der Waals surface area contributed by atoms with Gasteiger partial charge in [0.2, 0.25) is 0 Å². The van der Waals surface area contributed by atoms with Crippen LogP contribution in [0.15, 0.2) is 42.5 Å². The van der Waals surface area contributed by atoms with Gasteiger partial charge in [0.15, 0.2) is 11.5 Å². The molecule has 1 heterocycles. The molecular formula is C21H28N2O4S. The minimum Gasteiger partial charge on any atom is -0.493 e. The molecule has 0 N–H and O–H groups in total. The molecule has 2 aromatic carbocycles. The summed E-state index contributed by atoms with van der Waals surface area (Å²) in [5.74, 6) is 1.26. The van der Waals surface area contributed by atoms with Crippen molar-refractivity contribution >= 4 is 10.2 Å². The van der Waals surface area contributed by atoms with Crippen LogP contribution >= 0.6 is 0 Å². The molecule has 1 aliphatic rings. The van der Waals surface area contributed by atoms with Crippen LogP contribution in [0.3, 0.4) is 0 Å². The van der Waals surface area contributed by atoms with E-state index in [-0.39, 0.29) is 0 Å². The highest BCUT2D eigenvalue weighted by atomic mass is 32.2. The molecule has 0 unspecified atom stereocenters. The number of fused-ring (bicyclic) bond motifs is 1. The predicted octanol–water partition coefficient (Wildman–Crippen LogP) is 3.24. The maximum absolute atomic E-state index is 13.4. The number of benzene rings is 2. The molecule has 0 saturated heterocycles. The summed E-state index contributed by atoms with van der Waals surface area (Å²) >= 11 is 0. The van der Waals surface area contributed by atoms with E-state index in [0.717, 1.165) is 16.7 Å². The topological polar surface area (TPSA) is 59.1 Å². The molecule has 0 radical (unpaired) electrons. The van der Waals surface area contributed by atoms with E-state index in [1.54, 1.807) is 18.5 Å². The van der Waals surface area contributed by atoms with Crippen LogP contribution in [-0.2, 0) is 16.6 Å². The van der Waals surface area contributed by atoms with Gasteiger partial charge in [-0.25, -0.2) is 0 Å². The van der Waals surface area contributed by atoms with Gasteiger partial charge in [-0.1, -0.05) is 44.2 Å². The molecule has 0 spiro atoms.